The number of nitrogens with zero attached hydrogens (tertiary/aromatic N) is 4. The van der Waals surface area contributed by atoms with Crippen LogP contribution in [0.2, 0.25) is 16.6 Å². The van der Waals surface area contributed by atoms with Gasteiger partial charge in [-0.25, -0.2) is 19.7 Å². The van der Waals surface area contributed by atoms with Crippen LogP contribution in [0, 0.1) is 6.92 Å². The maximum Gasteiger partial charge on any atom is 0.360 e. The molecule has 14 nitrogen and oxygen atoms in total. The van der Waals surface area contributed by atoms with Crippen LogP contribution in [-0.4, -0.2) is 84.4 Å². The van der Waals surface area contributed by atoms with Crippen molar-refractivity contribution in [3.63, 3.8) is 0 Å². The number of hydrogen-bond donors (Lipinski definition) is 0. The molecule has 0 saturated heterocycles. The second-order valence-electron chi connectivity index (χ2n) is 15.7. The molecule has 1 aromatic carbocycles. The number of benzene rings is 1. The van der Waals surface area contributed by atoms with E-state index >= 15 is 0 Å². The first kappa shape index (κ1) is 43.8. The predicted molar refractivity (Wildman–Crippen MR) is 216 cm³/mol. The number of rotatable bonds is 21. The first-order valence-corrected chi connectivity index (χ1v) is 22.0. The number of Topliss-reactive ketones (excluding diaryl/α,β-unsaturated/α-hetero) is 2. The van der Waals surface area contributed by atoms with Gasteiger partial charge < -0.3 is 22.7 Å². The van der Waals surface area contributed by atoms with E-state index in [1.54, 1.807) is 31.2 Å². The lowest BCUT2D eigenvalue weighted by atomic mass is 9.97. The molecule has 5 rings (SSSR count). The van der Waals surface area contributed by atoms with Crippen LogP contribution >= 0.6 is 0 Å². The van der Waals surface area contributed by atoms with E-state index in [0.29, 0.717) is 35.6 Å². The van der Waals surface area contributed by atoms with Gasteiger partial charge in [-0.1, -0.05) is 60.6 Å². The number of carbonyl (C=O) groups excluding carboxylic acids is 5. The van der Waals surface area contributed by atoms with Gasteiger partial charge in [0, 0.05) is 44.0 Å². The molecule has 310 valence electrons. The summed E-state index contributed by atoms with van der Waals surface area (Å²) in [4.78, 5) is 80.9. The van der Waals surface area contributed by atoms with E-state index in [9.17, 15) is 24.0 Å². The third-order valence-electron chi connectivity index (χ3n) is 10.9. The average molecular weight is 815 g/mol. The molecular formula is C43H54N4O10Si. The Morgan fingerprint density at radius 3 is 1.84 bits per heavy atom. The molecule has 0 bridgehead atoms. The summed E-state index contributed by atoms with van der Waals surface area (Å²) in [5, 5.41) is 0. The fourth-order valence-corrected chi connectivity index (χ4v) is 13.5. The highest BCUT2D eigenvalue weighted by Crippen LogP contribution is 2.43. The number of pyridine rings is 1. The molecule has 4 aromatic rings. The van der Waals surface area contributed by atoms with Crippen molar-refractivity contribution in [2.24, 2.45) is 0 Å². The Kier molecular flexibility index (Phi) is 14.3. The highest BCUT2D eigenvalue weighted by Gasteiger charge is 2.46. The summed E-state index contributed by atoms with van der Waals surface area (Å²) in [6.07, 6.45) is 3.45. The third-order valence-corrected chi connectivity index (χ3v) is 17.0. The third kappa shape index (κ3) is 9.53. The number of ether oxygens (including phenoxy) is 2. The summed E-state index contributed by atoms with van der Waals surface area (Å²) in [6.45, 7) is 17.0. The van der Waals surface area contributed by atoms with E-state index in [2.05, 4.69) is 56.5 Å². The Morgan fingerprint density at radius 1 is 0.776 bits per heavy atom. The first-order chi connectivity index (χ1) is 27.6. The second-order valence-corrected chi connectivity index (χ2v) is 21.1. The molecule has 2 amide bonds. The van der Waals surface area contributed by atoms with Crippen LogP contribution < -0.4 is 4.74 Å². The Balaban J connectivity index is 1.42. The summed E-state index contributed by atoms with van der Waals surface area (Å²) in [5.41, 5.74) is 2.15. The molecule has 2 unspecified atom stereocenters. The summed E-state index contributed by atoms with van der Waals surface area (Å²) < 4.78 is 29.2. The van der Waals surface area contributed by atoms with E-state index in [0.717, 1.165) is 0 Å². The number of esters is 1. The minimum Gasteiger partial charge on any atom is -0.493 e. The van der Waals surface area contributed by atoms with Gasteiger partial charge in [0.1, 0.15) is 29.7 Å². The highest BCUT2D eigenvalue weighted by atomic mass is 28.4. The average Bonchev–Trinajstić information content (AvgIpc) is 3.93. The van der Waals surface area contributed by atoms with E-state index < -0.39 is 26.0 Å². The standard InChI is InChI=1S/C43H54N4O10Si/c1-10-29(39-44-28(8)22-55-39)18-37(48)34-20-31(54-17-13-16-47-41(50)32-14-11-12-15-33(32)42(47)51)21-35(45-34)38(49)19-30(40-46-36(24-56-40)43(52)53-9)23-57-58(25(2)3,26(4)5)27(6)7/h11-12,14-15,20-22,24-27,29-30H,10,13,16-19,23H2,1-9H3. The van der Waals surface area contributed by atoms with Crippen molar-refractivity contribution in [3.8, 4) is 5.75 Å². The molecule has 0 radical (unpaired) electrons. The fraction of sp³-hybridized carbons (Fsp3) is 0.488. The van der Waals surface area contributed by atoms with E-state index in [-0.39, 0.29) is 101 Å². The number of amides is 2. The minimum atomic E-state index is -2.42. The Morgan fingerprint density at radius 2 is 1.33 bits per heavy atom. The van der Waals surface area contributed by atoms with Crippen molar-refractivity contribution < 1.29 is 46.7 Å². The van der Waals surface area contributed by atoms with Gasteiger partial charge in [-0.05, 0) is 48.5 Å². The number of imide groups is 1. The van der Waals surface area contributed by atoms with Gasteiger partial charge in [0.25, 0.3) is 11.8 Å². The first-order valence-electron chi connectivity index (χ1n) is 19.9. The largest absolute Gasteiger partial charge is 0.493 e. The summed E-state index contributed by atoms with van der Waals surface area (Å²) in [7, 11) is -1.18. The molecule has 0 fully saturated rings. The van der Waals surface area contributed by atoms with Crippen molar-refractivity contribution in [2.45, 2.75) is 110 Å². The van der Waals surface area contributed by atoms with Crippen molar-refractivity contribution in [1.82, 2.24) is 19.9 Å². The highest BCUT2D eigenvalue weighted by molar-refractivity contribution is 6.77. The number of aryl methyl sites for hydroxylation is 1. The predicted octanol–water partition coefficient (Wildman–Crippen LogP) is 8.53. The van der Waals surface area contributed by atoms with Gasteiger partial charge in [0.05, 0.1) is 36.5 Å². The maximum absolute atomic E-state index is 14.3. The number of hydrogen-bond acceptors (Lipinski definition) is 13. The molecule has 0 aliphatic carbocycles. The lowest BCUT2D eigenvalue weighted by Gasteiger charge is -2.42. The van der Waals surface area contributed by atoms with Gasteiger partial charge in [0.15, 0.2) is 31.5 Å². The molecule has 15 heteroatoms. The second kappa shape index (κ2) is 19.0. The molecule has 1 aliphatic rings. The lowest BCUT2D eigenvalue weighted by Crippen LogP contribution is -2.48. The van der Waals surface area contributed by atoms with Crippen LogP contribution in [-0.2, 0) is 9.16 Å². The molecule has 2 atom stereocenters. The molecule has 58 heavy (non-hydrogen) atoms. The minimum absolute atomic E-state index is 0.0191. The van der Waals surface area contributed by atoms with Crippen molar-refractivity contribution in [3.05, 3.63) is 94.6 Å². The van der Waals surface area contributed by atoms with Crippen LogP contribution in [0.15, 0.2) is 57.8 Å². The Bertz CT molecular complexity index is 2070. The number of fused-ring (bicyclic) bond motifs is 1. The zero-order valence-electron chi connectivity index (χ0n) is 34.8. The SMILES string of the molecule is CCC(CC(=O)c1cc(OCCCN2C(=O)c3ccccc3C2=O)cc(C(=O)CC(CO[Si](C(C)C)(C(C)C)C(C)C)c2nc(C(=O)OC)co2)n1)c1nc(C)co1. The van der Waals surface area contributed by atoms with Crippen molar-refractivity contribution >= 4 is 37.7 Å². The molecule has 1 aliphatic heterocycles. The molecule has 0 spiro atoms. The topological polar surface area (TPSA) is 181 Å². The van der Waals surface area contributed by atoms with Crippen LogP contribution in [0.25, 0.3) is 0 Å². The molecule has 3 aromatic heterocycles. The quantitative estimate of drug-likeness (QED) is 0.0257. The fourth-order valence-electron chi connectivity index (χ4n) is 7.99. The molecule has 4 heterocycles. The number of aromatic nitrogens is 3. The summed E-state index contributed by atoms with van der Waals surface area (Å²) in [5.74, 6) is -2.43. The number of methoxy groups -OCH3 is 1. The van der Waals surface area contributed by atoms with Gasteiger partial charge in [0.2, 0.25) is 5.89 Å². The summed E-state index contributed by atoms with van der Waals surface area (Å²) in [6, 6.07) is 9.63. The summed E-state index contributed by atoms with van der Waals surface area (Å²) >= 11 is 0. The van der Waals surface area contributed by atoms with Gasteiger partial charge in [-0.3, -0.25) is 24.1 Å². The smallest absolute Gasteiger partial charge is 0.360 e. The number of ketones is 2. The maximum atomic E-state index is 14.3. The Hall–Kier alpha value is -5.28. The zero-order valence-corrected chi connectivity index (χ0v) is 35.8. The van der Waals surface area contributed by atoms with Crippen LogP contribution in [0.3, 0.4) is 0 Å². The van der Waals surface area contributed by atoms with Crippen molar-refractivity contribution in [1.29, 1.82) is 0 Å². The van der Waals surface area contributed by atoms with E-state index in [4.69, 9.17) is 22.7 Å². The zero-order chi connectivity index (χ0) is 42.3. The van der Waals surface area contributed by atoms with Gasteiger partial charge in [-0.2, -0.15) is 0 Å². The number of oxazole rings is 2. The van der Waals surface area contributed by atoms with Gasteiger partial charge >= 0.3 is 5.97 Å². The van der Waals surface area contributed by atoms with Crippen LogP contribution in [0.1, 0.15) is 156 Å². The monoisotopic (exact) mass is 814 g/mol. The molecular weight excluding hydrogens is 761 g/mol. The van der Waals surface area contributed by atoms with Crippen LogP contribution in [0.5, 0.6) is 5.75 Å². The normalized spacial score (nSPS) is 14.0. The van der Waals surface area contributed by atoms with E-state index in [1.807, 2.05) is 6.92 Å². The van der Waals surface area contributed by atoms with Crippen molar-refractivity contribution in [2.75, 3.05) is 26.9 Å². The number of carbonyl (C=O) groups is 5. The van der Waals surface area contributed by atoms with Gasteiger partial charge in [-0.15, -0.1) is 0 Å². The lowest BCUT2D eigenvalue weighted by molar-refractivity contribution is 0.0591. The molecule has 0 N–H and O–H groups in total. The molecule has 0 saturated carbocycles. The van der Waals surface area contributed by atoms with Crippen LogP contribution in [0.4, 0.5) is 0 Å². The van der Waals surface area contributed by atoms with E-state index in [1.165, 1.54) is 36.7 Å². The Labute approximate surface area is 340 Å².